The molecule has 0 atom stereocenters. The Morgan fingerprint density at radius 3 is 2.84 bits per heavy atom. The fourth-order valence-corrected chi connectivity index (χ4v) is 1.50. The smallest absolute Gasteiger partial charge is 0.272 e. The van der Waals surface area contributed by atoms with E-state index in [1.54, 1.807) is 0 Å². The maximum absolute atomic E-state index is 13.6. The van der Waals surface area contributed by atoms with E-state index in [0.29, 0.717) is 4.47 Å². The Bertz CT molecular complexity index is 653. The molecule has 2 aromatic rings. The van der Waals surface area contributed by atoms with Crippen molar-refractivity contribution in [1.29, 1.82) is 0 Å². The van der Waals surface area contributed by atoms with Crippen LogP contribution in [0.4, 0.5) is 16.0 Å². The van der Waals surface area contributed by atoms with Gasteiger partial charge in [0.15, 0.2) is 11.6 Å². The highest BCUT2D eigenvalue weighted by atomic mass is 79.9. The lowest BCUT2D eigenvalue weighted by atomic mass is 10.3. The largest absolute Gasteiger partial charge is 0.435 e. The first-order valence-corrected chi connectivity index (χ1v) is 5.66. The predicted octanol–water partition coefficient (Wildman–Crippen LogP) is 2.66. The molecule has 98 valence electrons. The monoisotopic (exact) mass is 328 g/mol. The van der Waals surface area contributed by atoms with Gasteiger partial charge in [-0.1, -0.05) is 0 Å². The molecule has 2 N–H and O–H groups in total. The number of halogens is 2. The summed E-state index contributed by atoms with van der Waals surface area (Å²) in [4.78, 5) is 17.2. The average molecular weight is 329 g/mol. The standard InChI is InChI=1S/C10H6BrFN4O3/c11-6-4-14-10(13)15-9(6)19-8-2-1-5(16(17)18)3-7(8)12/h1-4H,(H2,13,14,15). The third-order valence-electron chi connectivity index (χ3n) is 2.06. The average Bonchev–Trinajstić information content (AvgIpc) is 2.36. The lowest BCUT2D eigenvalue weighted by molar-refractivity contribution is -0.385. The van der Waals surface area contributed by atoms with Crippen molar-refractivity contribution in [3.63, 3.8) is 0 Å². The highest BCUT2D eigenvalue weighted by Gasteiger charge is 2.14. The molecular formula is C10H6BrFN4O3. The van der Waals surface area contributed by atoms with Crippen molar-refractivity contribution < 1.29 is 14.1 Å². The van der Waals surface area contributed by atoms with Gasteiger partial charge in [-0.05, 0) is 22.0 Å². The van der Waals surface area contributed by atoms with Gasteiger partial charge in [-0.15, -0.1) is 0 Å². The second kappa shape index (κ2) is 5.14. The zero-order chi connectivity index (χ0) is 14.0. The third-order valence-corrected chi connectivity index (χ3v) is 2.61. The number of hydrogen-bond acceptors (Lipinski definition) is 6. The summed E-state index contributed by atoms with van der Waals surface area (Å²) < 4.78 is 19.2. The van der Waals surface area contributed by atoms with E-state index in [0.717, 1.165) is 18.2 Å². The molecular weight excluding hydrogens is 323 g/mol. The van der Waals surface area contributed by atoms with Crippen LogP contribution in [-0.4, -0.2) is 14.9 Å². The predicted molar refractivity (Wildman–Crippen MR) is 67.3 cm³/mol. The van der Waals surface area contributed by atoms with E-state index >= 15 is 0 Å². The quantitative estimate of drug-likeness (QED) is 0.686. The fourth-order valence-electron chi connectivity index (χ4n) is 1.23. The Labute approximate surface area is 114 Å². The highest BCUT2D eigenvalue weighted by molar-refractivity contribution is 9.10. The van der Waals surface area contributed by atoms with E-state index in [1.807, 2.05) is 0 Å². The lowest BCUT2D eigenvalue weighted by Gasteiger charge is -2.07. The maximum atomic E-state index is 13.6. The summed E-state index contributed by atoms with van der Waals surface area (Å²) in [5.74, 6) is -1.11. The van der Waals surface area contributed by atoms with Crippen molar-refractivity contribution in [2.75, 3.05) is 5.73 Å². The number of non-ortho nitro benzene ring substituents is 1. The maximum Gasteiger partial charge on any atom is 0.272 e. The van der Waals surface area contributed by atoms with E-state index in [9.17, 15) is 14.5 Å². The number of nitro benzene ring substituents is 1. The highest BCUT2D eigenvalue weighted by Crippen LogP contribution is 2.30. The van der Waals surface area contributed by atoms with Crippen LogP contribution in [0.1, 0.15) is 0 Å². The molecule has 0 fully saturated rings. The van der Waals surface area contributed by atoms with E-state index in [2.05, 4.69) is 25.9 Å². The first-order valence-electron chi connectivity index (χ1n) is 4.87. The van der Waals surface area contributed by atoms with Crippen LogP contribution in [0, 0.1) is 15.9 Å². The molecule has 2 rings (SSSR count). The van der Waals surface area contributed by atoms with E-state index < -0.39 is 10.7 Å². The summed E-state index contributed by atoms with van der Waals surface area (Å²) in [6, 6.07) is 3.02. The molecule has 0 bridgehead atoms. The summed E-state index contributed by atoms with van der Waals surface area (Å²) in [5.41, 5.74) is 5.01. The van der Waals surface area contributed by atoms with Crippen LogP contribution in [-0.2, 0) is 0 Å². The lowest BCUT2D eigenvalue weighted by Crippen LogP contribution is -1.99. The first-order chi connectivity index (χ1) is 8.97. The molecule has 0 aliphatic carbocycles. The Morgan fingerprint density at radius 2 is 2.21 bits per heavy atom. The van der Waals surface area contributed by atoms with Crippen LogP contribution in [0.5, 0.6) is 11.6 Å². The second-order valence-corrected chi connectivity index (χ2v) is 4.21. The number of hydrogen-bond donors (Lipinski definition) is 1. The summed E-state index contributed by atoms with van der Waals surface area (Å²) in [7, 11) is 0. The number of nitrogens with zero attached hydrogens (tertiary/aromatic N) is 3. The van der Waals surface area contributed by atoms with Gasteiger partial charge < -0.3 is 10.5 Å². The number of ether oxygens (including phenoxy) is 1. The van der Waals surface area contributed by atoms with Gasteiger partial charge in [-0.25, -0.2) is 9.37 Å². The molecule has 0 aliphatic heterocycles. The van der Waals surface area contributed by atoms with Gasteiger partial charge in [-0.3, -0.25) is 10.1 Å². The van der Waals surface area contributed by atoms with Crippen molar-refractivity contribution in [2.24, 2.45) is 0 Å². The minimum Gasteiger partial charge on any atom is -0.435 e. The summed E-state index contributed by atoms with van der Waals surface area (Å²) in [6.45, 7) is 0. The number of anilines is 1. The fraction of sp³-hybridized carbons (Fsp3) is 0. The molecule has 0 saturated carbocycles. The zero-order valence-corrected chi connectivity index (χ0v) is 10.8. The van der Waals surface area contributed by atoms with Gasteiger partial charge in [0.25, 0.3) is 5.69 Å². The number of nitro groups is 1. The molecule has 9 heteroatoms. The van der Waals surface area contributed by atoms with Crippen molar-refractivity contribution in [2.45, 2.75) is 0 Å². The van der Waals surface area contributed by atoms with Crippen LogP contribution < -0.4 is 10.5 Å². The zero-order valence-electron chi connectivity index (χ0n) is 9.21. The minimum absolute atomic E-state index is 0.0141. The third kappa shape index (κ3) is 2.94. The van der Waals surface area contributed by atoms with Gasteiger partial charge in [0.2, 0.25) is 11.8 Å². The van der Waals surface area contributed by atoms with Gasteiger partial charge >= 0.3 is 0 Å². The summed E-state index contributed by atoms with van der Waals surface area (Å²) in [6.07, 6.45) is 1.35. The molecule has 1 heterocycles. The van der Waals surface area contributed by atoms with E-state index in [1.165, 1.54) is 6.20 Å². The number of nitrogen functional groups attached to an aromatic ring is 1. The van der Waals surface area contributed by atoms with E-state index in [-0.39, 0.29) is 23.3 Å². The van der Waals surface area contributed by atoms with Crippen molar-refractivity contribution >= 4 is 27.6 Å². The van der Waals surface area contributed by atoms with E-state index in [4.69, 9.17) is 10.5 Å². The molecule has 0 aliphatic rings. The van der Waals surface area contributed by atoms with Crippen LogP contribution >= 0.6 is 15.9 Å². The topological polar surface area (TPSA) is 104 Å². The molecule has 0 radical (unpaired) electrons. The van der Waals surface area contributed by atoms with Crippen LogP contribution in [0.25, 0.3) is 0 Å². The molecule has 0 amide bonds. The Morgan fingerprint density at radius 1 is 1.47 bits per heavy atom. The molecule has 0 unspecified atom stereocenters. The summed E-state index contributed by atoms with van der Waals surface area (Å²) >= 11 is 3.11. The Kier molecular flexibility index (Phi) is 3.56. The van der Waals surface area contributed by atoms with Crippen LogP contribution in [0.15, 0.2) is 28.9 Å². The van der Waals surface area contributed by atoms with Gasteiger partial charge in [0.1, 0.15) is 0 Å². The minimum atomic E-state index is -0.877. The number of rotatable bonds is 3. The second-order valence-electron chi connectivity index (χ2n) is 3.36. The van der Waals surface area contributed by atoms with Gasteiger partial charge in [-0.2, -0.15) is 4.98 Å². The first kappa shape index (κ1) is 13.1. The Balaban J connectivity index is 2.33. The number of benzene rings is 1. The van der Waals surface area contributed by atoms with Gasteiger partial charge in [0.05, 0.1) is 21.7 Å². The van der Waals surface area contributed by atoms with Gasteiger partial charge in [0, 0.05) is 6.07 Å². The molecule has 1 aromatic heterocycles. The normalized spacial score (nSPS) is 10.2. The molecule has 1 aromatic carbocycles. The van der Waals surface area contributed by atoms with Crippen molar-refractivity contribution in [3.8, 4) is 11.6 Å². The van der Waals surface area contributed by atoms with Crippen molar-refractivity contribution in [1.82, 2.24) is 9.97 Å². The number of nitrogens with two attached hydrogens (primary N) is 1. The van der Waals surface area contributed by atoms with Crippen molar-refractivity contribution in [3.05, 3.63) is 44.8 Å². The SMILES string of the molecule is Nc1ncc(Br)c(Oc2ccc([N+](=O)[O-])cc2F)n1. The molecule has 7 nitrogen and oxygen atoms in total. The van der Waals surface area contributed by atoms with Crippen LogP contribution in [0.3, 0.4) is 0 Å². The Hall–Kier alpha value is -2.29. The molecule has 19 heavy (non-hydrogen) atoms. The molecule has 0 saturated heterocycles. The summed E-state index contributed by atoms with van der Waals surface area (Å²) in [5, 5.41) is 10.5. The number of aromatic nitrogens is 2. The molecule has 0 spiro atoms. The van der Waals surface area contributed by atoms with Crippen LogP contribution in [0.2, 0.25) is 0 Å².